The van der Waals surface area contributed by atoms with Gasteiger partial charge < -0.3 is 23.8 Å². The fourth-order valence-corrected chi connectivity index (χ4v) is 4.17. The van der Waals surface area contributed by atoms with Gasteiger partial charge in [-0.05, 0) is 42.8 Å². The Bertz CT molecular complexity index is 1250. The molecule has 4 rings (SSSR count). The third kappa shape index (κ3) is 5.13. The molecule has 1 saturated heterocycles. The Balaban J connectivity index is 1.68. The molecule has 3 aromatic rings. The van der Waals surface area contributed by atoms with Gasteiger partial charge in [0.2, 0.25) is 0 Å². The first-order valence-corrected chi connectivity index (χ1v) is 11.4. The van der Waals surface area contributed by atoms with Crippen LogP contribution >= 0.6 is 0 Å². The number of hydrogen-bond donors (Lipinski definition) is 0. The molecule has 0 unspecified atom stereocenters. The highest BCUT2D eigenvalue weighted by atomic mass is 19.2. The maximum absolute atomic E-state index is 13.9. The highest BCUT2D eigenvalue weighted by Gasteiger charge is 2.28. The minimum Gasteiger partial charge on any atom is -0.489 e. The van der Waals surface area contributed by atoms with E-state index in [-0.39, 0.29) is 12.5 Å². The van der Waals surface area contributed by atoms with E-state index in [4.69, 9.17) is 9.47 Å². The van der Waals surface area contributed by atoms with E-state index in [1.807, 2.05) is 12.1 Å². The van der Waals surface area contributed by atoms with Gasteiger partial charge in [0.1, 0.15) is 18.1 Å². The molecule has 7 nitrogen and oxygen atoms in total. The highest BCUT2D eigenvalue weighted by molar-refractivity contribution is 6.00. The van der Waals surface area contributed by atoms with Crippen molar-refractivity contribution in [3.8, 4) is 5.75 Å². The van der Waals surface area contributed by atoms with Gasteiger partial charge in [-0.2, -0.15) is 0 Å². The Morgan fingerprint density at radius 1 is 1.03 bits per heavy atom. The summed E-state index contributed by atoms with van der Waals surface area (Å²) in [6, 6.07) is 10.9. The molecule has 2 aromatic carbocycles. The molecule has 2 heterocycles. The van der Waals surface area contributed by atoms with Crippen LogP contribution in [0.2, 0.25) is 0 Å². The maximum Gasteiger partial charge on any atom is 0.409 e. The predicted molar refractivity (Wildman–Crippen MR) is 128 cm³/mol. The molecule has 2 amide bonds. The van der Waals surface area contributed by atoms with Crippen molar-refractivity contribution in [3.63, 3.8) is 0 Å². The van der Waals surface area contributed by atoms with E-state index >= 15 is 0 Å². The summed E-state index contributed by atoms with van der Waals surface area (Å²) >= 11 is 0. The summed E-state index contributed by atoms with van der Waals surface area (Å²) in [6.07, 6.45) is 1.24. The topological polar surface area (TPSA) is 64.0 Å². The lowest BCUT2D eigenvalue weighted by Crippen LogP contribution is -2.51. The Labute approximate surface area is 202 Å². The summed E-state index contributed by atoms with van der Waals surface area (Å²) < 4.78 is 40.0. The number of rotatable bonds is 7. The lowest BCUT2D eigenvalue weighted by Gasteiger charge is -2.34. The van der Waals surface area contributed by atoms with Crippen LogP contribution in [0, 0.1) is 11.6 Å². The largest absolute Gasteiger partial charge is 0.489 e. The average Bonchev–Trinajstić information content (AvgIpc) is 3.23. The molecule has 184 valence electrons. The molecule has 0 N–H and O–H groups in total. The average molecular weight is 484 g/mol. The summed E-state index contributed by atoms with van der Waals surface area (Å²) in [5, 5.41) is 0.727. The SMILES string of the molecule is C=CCOc1cccc2c1cc(C(=O)N1CCN(C(=O)OCC)CC1)n2Cc1ccc(F)c(F)c1. The fourth-order valence-electron chi connectivity index (χ4n) is 4.17. The van der Waals surface area contributed by atoms with Crippen molar-refractivity contribution in [1.29, 1.82) is 0 Å². The van der Waals surface area contributed by atoms with Crippen molar-refractivity contribution in [2.75, 3.05) is 39.4 Å². The summed E-state index contributed by atoms with van der Waals surface area (Å²) in [5.74, 6) is -1.51. The maximum atomic E-state index is 13.9. The number of aromatic nitrogens is 1. The number of nitrogens with zero attached hydrogens (tertiary/aromatic N) is 3. The monoisotopic (exact) mass is 483 g/mol. The van der Waals surface area contributed by atoms with Crippen LogP contribution in [0.4, 0.5) is 13.6 Å². The smallest absolute Gasteiger partial charge is 0.409 e. The molecule has 0 bridgehead atoms. The summed E-state index contributed by atoms with van der Waals surface area (Å²) in [5.41, 5.74) is 1.63. The minimum atomic E-state index is -0.947. The van der Waals surface area contributed by atoms with Crippen LogP contribution in [0.1, 0.15) is 23.0 Å². The quantitative estimate of drug-likeness (QED) is 0.466. The van der Waals surface area contributed by atoms with Crippen LogP contribution in [0.25, 0.3) is 10.9 Å². The van der Waals surface area contributed by atoms with Crippen LogP contribution in [0.15, 0.2) is 55.1 Å². The molecule has 0 spiro atoms. The van der Waals surface area contributed by atoms with Crippen molar-refractivity contribution >= 4 is 22.9 Å². The Morgan fingerprint density at radius 3 is 2.46 bits per heavy atom. The number of carbonyl (C=O) groups is 2. The van der Waals surface area contributed by atoms with Crippen molar-refractivity contribution in [2.24, 2.45) is 0 Å². The molecule has 1 aromatic heterocycles. The van der Waals surface area contributed by atoms with Gasteiger partial charge in [0.15, 0.2) is 11.6 Å². The predicted octanol–water partition coefficient (Wildman–Crippen LogP) is 4.45. The third-order valence-electron chi connectivity index (χ3n) is 5.90. The van der Waals surface area contributed by atoms with E-state index < -0.39 is 17.7 Å². The van der Waals surface area contributed by atoms with Gasteiger partial charge in [-0.25, -0.2) is 13.6 Å². The molecule has 1 fully saturated rings. The second-order valence-corrected chi connectivity index (χ2v) is 8.13. The van der Waals surface area contributed by atoms with E-state index in [0.29, 0.717) is 56.4 Å². The third-order valence-corrected chi connectivity index (χ3v) is 5.90. The highest BCUT2D eigenvalue weighted by Crippen LogP contribution is 2.31. The van der Waals surface area contributed by atoms with Gasteiger partial charge in [0.25, 0.3) is 5.91 Å². The van der Waals surface area contributed by atoms with E-state index in [1.165, 1.54) is 6.07 Å². The first kappa shape index (κ1) is 24.3. The fraction of sp³-hybridized carbons (Fsp3) is 0.308. The zero-order chi connectivity index (χ0) is 24.9. The van der Waals surface area contributed by atoms with E-state index in [1.54, 1.807) is 39.5 Å². The van der Waals surface area contributed by atoms with Crippen molar-refractivity contribution in [2.45, 2.75) is 13.5 Å². The Hall–Kier alpha value is -3.88. The van der Waals surface area contributed by atoms with Crippen LogP contribution in [0.5, 0.6) is 5.75 Å². The second-order valence-electron chi connectivity index (χ2n) is 8.13. The first-order valence-electron chi connectivity index (χ1n) is 11.4. The summed E-state index contributed by atoms with van der Waals surface area (Å²) in [7, 11) is 0. The number of benzene rings is 2. The number of halogens is 2. The second kappa shape index (κ2) is 10.6. The molecule has 0 saturated carbocycles. The minimum absolute atomic E-state index is 0.162. The number of carbonyl (C=O) groups excluding carboxylic acids is 2. The summed E-state index contributed by atoms with van der Waals surface area (Å²) in [6.45, 7) is 7.60. The van der Waals surface area contributed by atoms with E-state index in [9.17, 15) is 18.4 Å². The number of hydrogen-bond acceptors (Lipinski definition) is 4. The normalized spacial score (nSPS) is 13.7. The zero-order valence-electron chi connectivity index (χ0n) is 19.5. The molecular formula is C26H27F2N3O4. The van der Waals surface area contributed by atoms with Crippen molar-refractivity contribution < 1.29 is 27.8 Å². The zero-order valence-corrected chi connectivity index (χ0v) is 19.5. The van der Waals surface area contributed by atoms with Gasteiger partial charge in [-0.3, -0.25) is 4.79 Å². The van der Waals surface area contributed by atoms with Crippen molar-refractivity contribution in [3.05, 3.63) is 78.0 Å². The van der Waals surface area contributed by atoms with Gasteiger partial charge in [-0.15, -0.1) is 0 Å². The molecule has 0 aliphatic carbocycles. The standard InChI is InChI=1S/C26H27F2N3O4/c1-3-14-35-24-7-5-6-22-19(24)16-23(31(22)17-18-8-9-20(27)21(28)15-18)25(32)29-10-12-30(13-11-29)26(33)34-4-2/h3,5-9,15-16H,1,4,10-14,17H2,2H3. The molecule has 0 radical (unpaired) electrons. The lowest BCUT2D eigenvalue weighted by atomic mass is 10.2. The molecular weight excluding hydrogens is 456 g/mol. The first-order chi connectivity index (χ1) is 16.9. The number of ether oxygens (including phenoxy) is 2. The van der Waals surface area contributed by atoms with Gasteiger partial charge >= 0.3 is 6.09 Å². The van der Waals surface area contributed by atoms with Gasteiger partial charge in [0.05, 0.1) is 12.1 Å². The van der Waals surface area contributed by atoms with Crippen LogP contribution < -0.4 is 4.74 Å². The van der Waals surface area contributed by atoms with Crippen LogP contribution in [-0.2, 0) is 11.3 Å². The van der Waals surface area contributed by atoms with Crippen LogP contribution in [0.3, 0.4) is 0 Å². The van der Waals surface area contributed by atoms with Gasteiger partial charge in [0, 0.05) is 38.1 Å². The number of piperazine rings is 1. The number of amides is 2. The Morgan fingerprint density at radius 2 is 1.77 bits per heavy atom. The molecule has 1 aliphatic rings. The lowest BCUT2D eigenvalue weighted by molar-refractivity contribution is 0.0563. The molecule has 9 heteroatoms. The number of fused-ring (bicyclic) bond motifs is 1. The Kier molecular flexibility index (Phi) is 7.33. The molecule has 1 aliphatic heterocycles. The molecule has 0 atom stereocenters. The van der Waals surface area contributed by atoms with E-state index in [2.05, 4.69) is 6.58 Å². The molecule has 35 heavy (non-hydrogen) atoms. The summed E-state index contributed by atoms with van der Waals surface area (Å²) in [4.78, 5) is 28.9. The van der Waals surface area contributed by atoms with E-state index in [0.717, 1.165) is 23.0 Å². The van der Waals surface area contributed by atoms with Crippen molar-refractivity contribution in [1.82, 2.24) is 14.4 Å². The van der Waals surface area contributed by atoms with Crippen LogP contribution in [-0.4, -0.2) is 65.8 Å². The van der Waals surface area contributed by atoms with Gasteiger partial charge in [-0.1, -0.05) is 24.8 Å².